The monoisotopic (exact) mass is 552 g/mol. The zero-order valence-corrected chi connectivity index (χ0v) is 21.5. The first-order chi connectivity index (χ1) is 18.0. The molecule has 0 saturated carbocycles. The summed E-state index contributed by atoms with van der Waals surface area (Å²) >= 11 is 3.54. The third-order valence-corrected chi connectivity index (χ3v) is 6.85. The van der Waals surface area contributed by atoms with E-state index in [-0.39, 0.29) is 29.5 Å². The molecule has 1 aliphatic rings. The van der Waals surface area contributed by atoms with E-state index in [1.165, 1.54) is 9.58 Å². The highest BCUT2D eigenvalue weighted by Crippen LogP contribution is 2.31. The summed E-state index contributed by atoms with van der Waals surface area (Å²) in [7, 11) is 0. The molecule has 0 fully saturated rings. The smallest absolute Gasteiger partial charge is 0.274 e. The molecule has 9 heteroatoms. The number of hydrogen-bond donors (Lipinski definition) is 0. The Hall–Kier alpha value is -4.42. The van der Waals surface area contributed by atoms with Gasteiger partial charge in [0.2, 0.25) is 12.1 Å². The quantitative estimate of drug-likeness (QED) is 0.272. The third kappa shape index (κ3) is 4.71. The van der Waals surface area contributed by atoms with Crippen molar-refractivity contribution in [3.63, 3.8) is 0 Å². The van der Waals surface area contributed by atoms with Crippen LogP contribution in [0.1, 0.15) is 38.8 Å². The van der Waals surface area contributed by atoms with Crippen molar-refractivity contribution in [2.75, 3.05) is 0 Å². The molecule has 3 aromatic carbocycles. The number of nitriles is 1. The summed E-state index contributed by atoms with van der Waals surface area (Å²) in [5, 5.41) is 14.1. The summed E-state index contributed by atoms with van der Waals surface area (Å²) in [5.41, 5.74) is 3.45. The first kappa shape index (κ1) is 24.3. The summed E-state index contributed by atoms with van der Waals surface area (Å²) in [6, 6.07) is 24.5. The molecule has 0 N–H and O–H groups in total. The van der Waals surface area contributed by atoms with Crippen LogP contribution in [0.25, 0.3) is 5.69 Å². The number of para-hydroxylation sites is 1. The van der Waals surface area contributed by atoms with Crippen LogP contribution >= 0.6 is 15.9 Å². The number of rotatable bonds is 5. The molecule has 4 aromatic rings. The molecule has 0 saturated heterocycles. The minimum Gasteiger partial charge on any atom is -0.274 e. The van der Waals surface area contributed by atoms with Gasteiger partial charge in [-0.2, -0.15) is 15.0 Å². The fraction of sp³-hybridized carbons (Fsp3) is 0.143. The summed E-state index contributed by atoms with van der Waals surface area (Å²) < 4.78 is 2.08. The first-order valence-corrected chi connectivity index (χ1v) is 12.4. The molecule has 0 bridgehead atoms. The van der Waals surface area contributed by atoms with Crippen LogP contribution in [0.2, 0.25) is 0 Å². The highest BCUT2D eigenvalue weighted by atomic mass is 79.9. The van der Waals surface area contributed by atoms with Gasteiger partial charge >= 0.3 is 0 Å². The fourth-order valence-corrected chi connectivity index (χ4v) is 5.07. The predicted octanol–water partition coefficient (Wildman–Crippen LogP) is 4.23. The van der Waals surface area contributed by atoms with E-state index in [1.54, 1.807) is 6.19 Å². The van der Waals surface area contributed by atoms with E-state index < -0.39 is 11.8 Å². The molecule has 0 radical (unpaired) electrons. The van der Waals surface area contributed by atoms with Crippen LogP contribution in [-0.2, 0) is 17.8 Å². The van der Waals surface area contributed by atoms with Gasteiger partial charge in [-0.3, -0.25) is 14.5 Å². The Balaban J connectivity index is 1.72. The van der Waals surface area contributed by atoms with E-state index in [0.29, 0.717) is 16.6 Å². The van der Waals surface area contributed by atoms with Crippen molar-refractivity contribution in [3.05, 3.63) is 117 Å². The SMILES string of the molecule is Cc1cccc(Br)c1-n1nc2c(nc1=NC#N)C(Cc1ccccc1)C(=O)N(Cc1ccccc1)C2=O. The molecule has 0 spiro atoms. The Kier molecular flexibility index (Phi) is 6.75. The molecule has 8 nitrogen and oxygen atoms in total. The van der Waals surface area contributed by atoms with Gasteiger partial charge in [0.15, 0.2) is 5.69 Å². The molecule has 182 valence electrons. The lowest BCUT2D eigenvalue weighted by Crippen LogP contribution is -2.48. The normalized spacial score (nSPS) is 15.4. The number of halogens is 1. The molecule has 1 atom stereocenters. The van der Waals surface area contributed by atoms with Crippen molar-refractivity contribution in [2.45, 2.75) is 25.8 Å². The van der Waals surface area contributed by atoms with E-state index in [9.17, 15) is 14.9 Å². The number of imide groups is 1. The number of hydrogen-bond acceptors (Lipinski definition) is 6. The number of carbonyl (C=O) groups is 2. The second kappa shape index (κ2) is 10.3. The summed E-state index contributed by atoms with van der Waals surface area (Å²) in [5.74, 6) is -1.67. The summed E-state index contributed by atoms with van der Waals surface area (Å²) in [6.07, 6.45) is 2.10. The second-order valence-electron chi connectivity index (χ2n) is 8.63. The Bertz CT molecular complexity index is 1590. The minimum atomic E-state index is -0.770. The Morgan fingerprint density at radius 2 is 1.65 bits per heavy atom. The molecule has 0 aliphatic carbocycles. The maximum atomic E-state index is 13.8. The lowest BCUT2D eigenvalue weighted by molar-refractivity contribution is -0.131. The molecule has 1 aliphatic heterocycles. The van der Waals surface area contributed by atoms with Gasteiger partial charge in [-0.1, -0.05) is 72.8 Å². The maximum Gasteiger partial charge on any atom is 0.283 e. The van der Waals surface area contributed by atoms with Crippen molar-refractivity contribution >= 4 is 27.7 Å². The van der Waals surface area contributed by atoms with Crippen molar-refractivity contribution < 1.29 is 9.59 Å². The van der Waals surface area contributed by atoms with Gasteiger partial charge in [-0.25, -0.2) is 4.98 Å². The van der Waals surface area contributed by atoms with Crippen molar-refractivity contribution in [1.82, 2.24) is 19.7 Å². The first-order valence-electron chi connectivity index (χ1n) is 11.6. The highest BCUT2D eigenvalue weighted by molar-refractivity contribution is 9.10. The molecule has 2 amide bonds. The largest absolute Gasteiger partial charge is 0.283 e. The maximum absolute atomic E-state index is 13.8. The average molecular weight is 553 g/mol. The Morgan fingerprint density at radius 1 is 0.973 bits per heavy atom. The Morgan fingerprint density at radius 3 is 2.30 bits per heavy atom. The number of aryl methyl sites for hydroxylation is 1. The fourth-order valence-electron chi connectivity index (χ4n) is 4.44. The van der Waals surface area contributed by atoms with Crippen molar-refractivity contribution in [1.29, 1.82) is 5.26 Å². The number of amides is 2. The van der Waals surface area contributed by atoms with Crippen LogP contribution in [-0.4, -0.2) is 31.5 Å². The molecule has 5 rings (SSSR count). The van der Waals surface area contributed by atoms with Crippen LogP contribution in [0, 0.1) is 18.4 Å². The number of fused-ring (bicyclic) bond motifs is 1. The van der Waals surface area contributed by atoms with E-state index in [4.69, 9.17) is 0 Å². The number of aromatic nitrogens is 3. The highest BCUT2D eigenvalue weighted by Gasteiger charge is 2.42. The molecule has 1 unspecified atom stereocenters. The van der Waals surface area contributed by atoms with Crippen molar-refractivity contribution in [3.8, 4) is 11.9 Å². The molecule has 2 heterocycles. The number of carbonyl (C=O) groups excluding carboxylic acids is 2. The zero-order chi connectivity index (χ0) is 25.9. The van der Waals surface area contributed by atoms with Gasteiger partial charge < -0.3 is 0 Å². The van der Waals surface area contributed by atoms with Gasteiger partial charge in [-0.05, 0) is 52.0 Å². The minimum absolute atomic E-state index is 0.00794. The average Bonchev–Trinajstić information content (AvgIpc) is 2.91. The van der Waals surface area contributed by atoms with Gasteiger partial charge in [0.1, 0.15) is 0 Å². The van der Waals surface area contributed by atoms with E-state index >= 15 is 0 Å². The Labute approximate surface area is 221 Å². The van der Waals surface area contributed by atoms with Crippen LogP contribution in [0.3, 0.4) is 0 Å². The molecular formula is C28H21BrN6O2. The topological polar surface area (TPSA) is 104 Å². The van der Waals surface area contributed by atoms with Crippen LogP contribution in [0.5, 0.6) is 0 Å². The summed E-state index contributed by atoms with van der Waals surface area (Å²) in [6.45, 7) is 2.00. The van der Waals surface area contributed by atoms with Gasteiger partial charge in [0.05, 0.1) is 23.8 Å². The van der Waals surface area contributed by atoms with E-state index in [2.05, 4.69) is 31.0 Å². The van der Waals surface area contributed by atoms with Gasteiger partial charge in [-0.15, -0.1) is 4.99 Å². The number of benzene rings is 3. The third-order valence-electron chi connectivity index (χ3n) is 6.21. The van der Waals surface area contributed by atoms with E-state index in [1.807, 2.05) is 85.8 Å². The molecular weight excluding hydrogens is 532 g/mol. The summed E-state index contributed by atoms with van der Waals surface area (Å²) in [4.78, 5) is 37.2. The number of nitrogens with zero attached hydrogens (tertiary/aromatic N) is 6. The molecule has 37 heavy (non-hydrogen) atoms. The van der Waals surface area contributed by atoms with Crippen LogP contribution in [0.15, 0.2) is 88.3 Å². The lowest BCUT2D eigenvalue weighted by Gasteiger charge is -2.31. The standard InChI is InChI=1S/C28H21BrN6O2/c1-18-9-8-14-22(29)25(18)35-28(31-17-30)32-23-21(15-19-10-4-2-5-11-19)26(36)34(27(37)24(23)33-35)16-20-12-6-3-7-13-20/h2-14,21H,15-16H2,1H3. The molecule has 1 aromatic heterocycles. The lowest BCUT2D eigenvalue weighted by atomic mass is 9.90. The van der Waals surface area contributed by atoms with Crippen LogP contribution < -0.4 is 5.62 Å². The second-order valence-corrected chi connectivity index (χ2v) is 9.49. The van der Waals surface area contributed by atoms with Gasteiger partial charge in [0.25, 0.3) is 11.5 Å². The van der Waals surface area contributed by atoms with Crippen molar-refractivity contribution in [2.24, 2.45) is 4.99 Å². The van der Waals surface area contributed by atoms with Crippen LogP contribution in [0.4, 0.5) is 0 Å². The zero-order valence-electron chi connectivity index (χ0n) is 19.9. The predicted molar refractivity (Wildman–Crippen MR) is 139 cm³/mol. The van der Waals surface area contributed by atoms with Gasteiger partial charge in [0, 0.05) is 4.47 Å². The van der Waals surface area contributed by atoms with E-state index in [0.717, 1.165) is 16.7 Å².